The largest absolute Gasteiger partial charge is 0.345 e. The molecule has 0 fully saturated rings. The fourth-order valence-electron chi connectivity index (χ4n) is 3.52. The summed E-state index contributed by atoms with van der Waals surface area (Å²) in [5, 5.41) is 1.21. The molecule has 0 saturated heterocycles. The highest BCUT2D eigenvalue weighted by atomic mass is 35.5. The number of halogens is 1. The predicted octanol–water partition coefficient (Wildman–Crippen LogP) is 4.94. The third-order valence-electron chi connectivity index (χ3n) is 5.08. The lowest BCUT2D eigenvalue weighted by Gasteiger charge is -2.14. The van der Waals surface area contributed by atoms with Crippen molar-refractivity contribution in [3.8, 4) is 5.69 Å². The van der Waals surface area contributed by atoms with Crippen LogP contribution in [0, 0.1) is 0 Å². The number of rotatable bonds is 4. The third kappa shape index (κ3) is 3.87. The molecule has 1 amide bonds. The Morgan fingerprint density at radius 1 is 0.967 bits per heavy atom. The number of para-hydroxylation sites is 1. The van der Waals surface area contributed by atoms with Gasteiger partial charge in [0.15, 0.2) is 5.43 Å². The van der Waals surface area contributed by atoms with Crippen molar-refractivity contribution in [1.82, 2.24) is 9.47 Å². The molecular formula is C25H21ClN2O2. The van der Waals surface area contributed by atoms with E-state index in [9.17, 15) is 9.59 Å². The molecule has 0 radical (unpaired) electrons. The normalized spacial score (nSPS) is 10.9. The zero-order chi connectivity index (χ0) is 21.3. The zero-order valence-corrected chi connectivity index (χ0v) is 17.6. The molecule has 4 rings (SSSR count). The van der Waals surface area contributed by atoms with Gasteiger partial charge < -0.3 is 9.47 Å². The van der Waals surface area contributed by atoms with Gasteiger partial charge >= 0.3 is 0 Å². The molecule has 0 aliphatic heterocycles. The van der Waals surface area contributed by atoms with Gasteiger partial charge in [0.2, 0.25) is 0 Å². The molecule has 0 N–H and O–H groups in total. The van der Waals surface area contributed by atoms with Gasteiger partial charge in [-0.2, -0.15) is 0 Å². The summed E-state index contributed by atoms with van der Waals surface area (Å²) in [4.78, 5) is 26.8. The molecule has 1 aromatic heterocycles. The first-order chi connectivity index (χ1) is 14.4. The van der Waals surface area contributed by atoms with Gasteiger partial charge in [-0.1, -0.05) is 41.9 Å². The number of hydrogen-bond donors (Lipinski definition) is 0. The summed E-state index contributed by atoms with van der Waals surface area (Å²) in [5.74, 6) is -0.0458. The average Bonchev–Trinajstić information content (AvgIpc) is 2.76. The van der Waals surface area contributed by atoms with Crippen molar-refractivity contribution in [2.75, 3.05) is 14.1 Å². The molecule has 0 unspecified atom stereocenters. The highest BCUT2D eigenvalue weighted by Crippen LogP contribution is 2.22. The Balaban J connectivity index is 1.80. The molecule has 0 bridgehead atoms. The average molecular weight is 417 g/mol. The Morgan fingerprint density at radius 3 is 2.33 bits per heavy atom. The Kier molecular flexibility index (Phi) is 5.42. The van der Waals surface area contributed by atoms with Crippen molar-refractivity contribution < 1.29 is 4.79 Å². The Bertz CT molecular complexity index is 1280. The van der Waals surface area contributed by atoms with Crippen molar-refractivity contribution in [3.05, 3.63) is 111 Å². The first-order valence-electron chi connectivity index (χ1n) is 9.64. The molecule has 0 aliphatic rings. The number of pyridine rings is 1. The van der Waals surface area contributed by atoms with Crippen LogP contribution in [0.4, 0.5) is 0 Å². The van der Waals surface area contributed by atoms with Gasteiger partial charge in [0.25, 0.3) is 5.91 Å². The van der Waals surface area contributed by atoms with Crippen molar-refractivity contribution in [3.63, 3.8) is 0 Å². The minimum atomic E-state index is -0.0458. The molecular weight excluding hydrogens is 396 g/mol. The summed E-state index contributed by atoms with van der Waals surface area (Å²) in [5.41, 5.74) is 3.99. The molecule has 4 nitrogen and oxygen atoms in total. The van der Waals surface area contributed by atoms with Crippen LogP contribution in [-0.2, 0) is 6.42 Å². The van der Waals surface area contributed by atoms with E-state index in [2.05, 4.69) is 0 Å². The minimum Gasteiger partial charge on any atom is -0.345 e. The molecule has 3 aromatic carbocycles. The summed E-state index contributed by atoms with van der Waals surface area (Å²) in [6.07, 6.45) is 2.36. The van der Waals surface area contributed by atoms with E-state index in [0.717, 1.165) is 16.8 Å². The van der Waals surface area contributed by atoms with E-state index >= 15 is 0 Å². The quantitative estimate of drug-likeness (QED) is 0.473. The predicted molar refractivity (Wildman–Crippen MR) is 122 cm³/mol. The summed E-state index contributed by atoms with van der Waals surface area (Å²) >= 11 is 6.22. The number of carbonyl (C=O) groups is 1. The maximum Gasteiger partial charge on any atom is 0.253 e. The number of carbonyl (C=O) groups excluding carboxylic acids is 1. The summed E-state index contributed by atoms with van der Waals surface area (Å²) < 4.78 is 2.00. The monoisotopic (exact) mass is 416 g/mol. The number of fused-ring (bicyclic) bond motifs is 1. The van der Waals surface area contributed by atoms with Crippen LogP contribution in [-0.4, -0.2) is 29.5 Å². The Labute approximate surface area is 180 Å². The molecule has 150 valence electrons. The first kappa shape index (κ1) is 19.9. The smallest absolute Gasteiger partial charge is 0.253 e. The van der Waals surface area contributed by atoms with Gasteiger partial charge in [-0.15, -0.1) is 0 Å². The first-order valence-corrected chi connectivity index (χ1v) is 10.0. The molecule has 5 heteroatoms. The van der Waals surface area contributed by atoms with Crippen LogP contribution in [0.1, 0.15) is 21.5 Å². The SMILES string of the molecule is CN(C)C(=O)c1ccc(Cc2cn(-c3ccccc3)c3cc(Cl)ccc3c2=O)cc1. The van der Waals surface area contributed by atoms with Crippen LogP contribution >= 0.6 is 11.6 Å². The van der Waals surface area contributed by atoms with Gasteiger partial charge in [0, 0.05) is 53.9 Å². The second kappa shape index (κ2) is 8.17. The van der Waals surface area contributed by atoms with E-state index in [4.69, 9.17) is 11.6 Å². The summed E-state index contributed by atoms with van der Waals surface area (Å²) in [6.45, 7) is 0. The topological polar surface area (TPSA) is 42.3 Å². The number of hydrogen-bond acceptors (Lipinski definition) is 2. The lowest BCUT2D eigenvalue weighted by Crippen LogP contribution is -2.21. The summed E-state index contributed by atoms with van der Waals surface area (Å²) in [7, 11) is 3.45. The molecule has 4 aromatic rings. The standard InChI is InChI=1S/C25H21ClN2O2/c1-27(2)25(30)18-10-8-17(9-11-18)14-19-16-28(21-6-4-3-5-7-21)23-15-20(26)12-13-22(23)24(19)29/h3-13,15-16H,14H2,1-2H3. The lowest BCUT2D eigenvalue weighted by molar-refractivity contribution is 0.0827. The van der Waals surface area contributed by atoms with Crippen LogP contribution in [0.25, 0.3) is 16.6 Å². The van der Waals surface area contributed by atoms with Crippen LogP contribution in [0.5, 0.6) is 0 Å². The lowest BCUT2D eigenvalue weighted by atomic mass is 10.0. The van der Waals surface area contributed by atoms with Crippen molar-refractivity contribution >= 4 is 28.4 Å². The number of nitrogens with zero attached hydrogens (tertiary/aromatic N) is 2. The maximum absolute atomic E-state index is 13.2. The fourth-order valence-corrected chi connectivity index (χ4v) is 3.69. The summed E-state index contributed by atoms with van der Waals surface area (Å²) in [6, 6.07) is 22.6. The number of aromatic nitrogens is 1. The Morgan fingerprint density at radius 2 is 1.67 bits per heavy atom. The molecule has 1 heterocycles. The van der Waals surface area contributed by atoms with Gasteiger partial charge in [-0.3, -0.25) is 9.59 Å². The molecule has 0 aliphatic carbocycles. The molecule has 0 spiro atoms. The van der Waals surface area contributed by atoms with Crippen LogP contribution in [0.15, 0.2) is 83.8 Å². The van der Waals surface area contributed by atoms with Crippen molar-refractivity contribution in [2.24, 2.45) is 0 Å². The number of benzene rings is 3. The molecule has 0 atom stereocenters. The van der Waals surface area contributed by atoms with Gasteiger partial charge in [0.1, 0.15) is 0 Å². The maximum atomic E-state index is 13.2. The minimum absolute atomic E-state index is 0.0118. The van der Waals surface area contributed by atoms with Crippen LogP contribution in [0.3, 0.4) is 0 Å². The second-order valence-electron chi connectivity index (χ2n) is 7.42. The van der Waals surface area contributed by atoms with E-state index in [-0.39, 0.29) is 11.3 Å². The highest BCUT2D eigenvalue weighted by molar-refractivity contribution is 6.31. The van der Waals surface area contributed by atoms with Gasteiger partial charge in [-0.25, -0.2) is 0 Å². The third-order valence-corrected chi connectivity index (χ3v) is 5.31. The fraction of sp³-hybridized carbons (Fsp3) is 0.120. The second-order valence-corrected chi connectivity index (χ2v) is 7.86. The van der Waals surface area contributed by atoms with Crippen molar-refractivity contribution in [2.45, 2.75) is 6.42 Å². The van der Waals surface area contributed by atoms with E-state index in [1.807, 2.05) is 59.3 Å². The molecule has 30 heavy (non-hydrogen) atoms. The van der Waals surface area contributed by atoms with Gasteiger partial charge in [0.05, 0.1) is 5.52 Å². The number of amides is 1. The van der Waals surface area contributed by atoms with E-state index in [1.165, 1.54) is 0 Å². The Hall–Kier alpha value is -3.37. The zero-order valence-electron chi connectivity index (χ0n) is 16.8. The van der Waals surface area contributed by atoms with Crippen LogP contribution in [0.2, 0.25) is 5.02 Å². The highest BCUT2D eigenvalue weighted by Gasteiger charge is 2.13. The van der Waals surface area contributed by atoms with E-state index in [1.54, 1.807) is 43.3 Å². The van der Waals surface area contributed by atoms with E-state index < -0.39 is 0 Å². The van der Waals surface area contributed by atoms with Crippen molar-refractivity contribution in [1.29, 1.82) is 0 Å². The van der Waals surface area contributed by atoms with Crippen LogP contribution < -0.4 is 5.43 Å². The molecule has 0 saturated carbocycles. The van der Waals surface area contributed by atoms with E-state index in [0.29, 0.717) is 28.0 Å². The van der Waals surface area contributed by atoms with Gasteiger partial charge in [-0.05, 0) is 48.0 Å².